The Morgan fingerprint density at radius 2 is 1.98 bits per heavy atom. The fraction of sp³-hybridized carbons (Fsp3) is 0.414. The lowest BCUT2D eigenvalue weighted by Gasteiger charge is -2.49. The van der Waals surface area contributed by atoms with Crippen LogP contribution in [0.25, 0.3) is 0 Å². The van der Waals surface area contributed by atoms with Crippen LogP contribution in [-0.4, -0.2) is 75.0 Å². The third-order valence-electron chi connectivity index (χ3n) is 7.18. The molecule has 2 aliphatic rings. The zero-order valence-electron chi connectivity index (χ0n) is 24.1. The number of benzene rings is 1. The molecule has 11 nitrogen and oxygen atoms in total. The topological polar surface area (TPSA) is 183 Å². The first kappa shape index (κ1) is 35.4. The Morgan fingerprint density at radius 1 is 1.20 bits per heavy atom. The van der Waals surface area contributed by atoms with Crippen molar-refractivity contribution < 1.29 is 34.0 Å². The molecule has 2 amide bonds. The van der Waals surface area contributed by atoms with Crippen LogP contribution >= 0.6 is 58.5 Å². The first-order valence-corrected chi connectivity index (χ1v) is 17.9. The number of nitrogens with two attached hydrogens (primary N) is 2. The molecule has 0 spiro atoms. The average Bonchev–Trinajstić information content (AvgIpc) is 3.01. The number of β-lactam (4-membered cyclic amide) rings is 1. The number of fused-ring (bicyclic) bond motifs is 1. The van der Waals surface area contributed by atoms with Crippen LogP contribution in [0.1, 0.15) is 25.0 Å². The van der Waals surface area contributed by atoms with Gasteiger partial charge in [0.2, 0.25) is 5.91 Å². The van der Waals surface area contributed by atoms with Crippen molar-refractivity contribution in [2.75, 3.05) is 23.8 Å². The van der Waals surface area contributed by atoms with Gasteiger partial charge in [-0.15, -0.1) is 35.3 Å². The van der Waals surface area contributed by atoms with Gasteiger partial charge in [0.1, 0.15) is 23.7 Å². The van der Waals surface area contributed by atoms with Crippen molar-refractivity contribution in [2.45, 2.75) is 59.5 Å². The first-order valence-electron chi connectivity index (χ1n) is 14.1. The summed E-state index contributed by atoms with van der Waals surface area (Å²) < 4.78 is 2.04. The van der Waals surface area contributed by atoms with Crippen molar-refractivity contribution >= 4 is 82.2 Å². The monoisotopic (exact) mass is 713 g/mol. The van der Waals surface area contributed by atoms with Gasteiger partial charge in [0.25, 0.3) is 5.91 Å². The van der Waals surface area contributed by atoms with Gasteiger partial charge in [0.15, 0.2) is 11.9 Å². The smallest absolute Gasteiger partial charge is 0.352 e. The molecule has 2 aromatic rings. The van der Waals surface area contributed by atoms with Crippen LogP contribution < -0.4 is 26.5 Å². The van der Waals surface area contributed by atoms with E-state index in [1.54, 1.807) is 18.2 Å². The fourth-order valence-electron chi connectivity index (χ4n) is 4.87. The van der Waals surface area contributed by atoms with Crippen LogP contribution in [0.3, 0.4) is 0 Å². The SMILES string of the molecule is NCCCc1cc(SCC2=C(C(=O)O)N3C(=O)[C@@H](NC(=O)CSc4cc(Cl)ccc4Cl)[C@H]3SC2)cc[n+]1CCC[C@H](N)C(=O)[O-]. The van der Waals surface area contributed by atoms with Crippen LogP contribution in [0.2, 0.25) is 10.0 Å². The summed E-state index contributed by atoms with van der Waals surface area (Å²) in [6, 6.07) is 7.06. The molecule has 0 radical (unpaired) electrons. The number of hydrogen-bond acceptors (Lipinski definition) is 10. The van der Waals surface area contributed by atoms with E-state index in [0.29, 0.717) is 58.0 Å². The minimum absolute atomic E-state index is 0.0163. The molecule has 1 saturated heterocycles. The van der Waals surface area contributed by atoms with Crippen molar-refractivity contribution in [3.8, 4) is 0 Å². The number of carbonyl (C=O) groups is 4. The molecule has 1 fully saturated rings. The number of hydrogen-bond donors (Lipinski definition) is 4. The molecule has 3 atom stereocenters. The highest BCUT2D eigenvalue weighted by atomic mass is 35.5. The third-order valence-corrected chi connectivity index (χ3v) is 11.3. The van der Waals surface area contributed by atoms with E-state index < -0.39 is 35.3 Å². The molecule has 1 aromatic carbocycles. The molecule has 4 rings (SSSR count). The van der Waals surface area contributed by atoms with Crippen LogP contribution in [0.15, 0.2) is 57.6 Å². The largest absolute Gasteiger partial charge is 0.548 e. The van der Waals surface area contributed by atoms with Crippen LogP contribution in [0.4, 0.5) is 0 Å². The number of carboxylic acid groups (broad SMARTS) is 2. The van der Waals surface area contributed by atoms with Gasteiger partial charge in [-0.3, -0.25) is 14.5 Å². The summed E-state index contributed by atoms with van der Waals surface area (Å²) in [6.45, 7) is 1.10. The Hall–Kier alpha value is -2.46. The minimum Gasteiger partial charge on any atom is -0.548 e. The zero-order valence-corrected chi connectivity index (χ0v) is 28.0. The summed E-state index contributed by atoms with van der Waals surface area (Å²) in [4.78, 5) is 51.8. The molecule has 1 aromatic heterocycles. The normalized spacial score (nSPS) is 18.3. The summed E-state index contributed by atoms with van der Waals surface area (Å²) in [6.07, 6.45) is 4.26. The van der Waals surface area contributed by atoms with Crippen molar-refractivity contribution in [3.63, 3.8) is 0 Å². The van der Waals surface area contributed by atoms with Crippen LogP contribution in [0, 0.1) is 0 Å². The number of aliphatic carboxylic acids is 2. The summed E-state index contributed by atoms with van der Waals surface area (Å²) in [5.74, 6) is -2.52. The van der Waals surface area contributed by atoms with Gasteiger partial charge >= 0.3 is 5.97 Å². The van der Waals surface area contributed by atoms with E-state index in [1.807, 2.05) is 22.9 Å². The number of carboxylic acids is 2. The number of amides is 2. The van der Waals surface area contributed by atoms with Gasteiger partial charge in [-0.05, 0) is 43.2 Å². The standard InChI is InChI=1S/C29H33Cl2N5O6S3/c30-17-5-6-20(31)22(11-17)44-15-23(37)34-24-26(38)36-25(29(41)42)16(14-45-27(24)36)13-43-19-7-10-35(18(12-19)3-1-8-32)9-2-4-21(33)28(39)40/h5-7,10-12,21,24,27H,1-4,8-9,13-15,32-33H2,(H2-,34,37,39,40,41,42)/t21-,24+,27+/m0/s1. The summed E-state index contributed by atoms with van der Waals surface area (Å²) in [7, 11) is 0. The Bertz CT molecular complexity index is 1500. The summed E-state index contributed by atoms with van der Waals surface area (Å²) >= 11 is 16.3. The van der Waals surface area contributed by atoms with Gasteiger partial charge in [0, 0.05) is 57.3 Å². The number of pyridine rings is 1. The Labute approximate surface area is 283 Å². The van der Waals surface area contributed by atoms with E-state index in [4.69, 9.17) is 34.7 Å². The number of carbonyl (C=O) groups excluding carboxylic acids is 3. The average molecular weight is 715 g/mol. The third kappa shape index (κ3) is 9.09. The predicted molar refractivity (Wildman–Crippen MR) is 174 cm³/mol. The van der Waals surface area contributed by atoms with Crippen molar-refractivity contribution in [2.24, 2.45) is 11.5 Å². The Balaban J connectivity index is 1.38. The second-order valence-corrected chi connectivity index (χ2v) is 14.4. The number of nitrogens with one attached hydrogen (secondary N) is 1. The Morgan fingerprint density at radius 3 is 2.69 bits per heavy atom. The van der Waals surface area contributed by atoms with Crippen molar-refractivity contribution in [1.82, 2.24) is 10.2 Å². The quantitative estimate of drug-likeness (QED) is 0.113. The van der Waals surface area contributed by atoms with E-state index in [1.165, 1.54) is 40.2 Å². The zero-order chi connectivity index (χ0) is 32.7. The molecule has 0 bridgehead atoms. The van der Waals surface area contributed by atoms with Crippen LogP contribution in [0.5, 0.6) is 0 Å². The van der Waals surface area contributed by atoms with E-state index in [9.17, 15) is 29.4 Å². The first-order chi connectivity index (χ1) is 21.5. The maximum absolute atomic E-state index is 13.1. The van der Waals surface area contributed by atoms with E-state index in [0.717, 1.165) is 23.4 Å². The molecule has 0 aliphatic carbocycles. The highest BCUT2D eigenvalue weighted by Gasteiger charge is 2.54. The molecule has 0 unspecified atom stereocenters. The molecule has 2 aliphatic heterocycles. The molecule has 242 valence electrons. The van der Waals surface area contributed by atoms with Crippen LogP contribution in [-0.2, 0) is 32.1 Å². The molecule has 16 heteroatoms. The minimum atomic E-state index is -1.27. The predicted octanol–water partition coefficient (Wildman–Crippen LogP) is 1.65. The maximum atomic E-state index is 13.1. The highest BCUT2D eigenvalue weighted by molar-refractivity contribution is 8.01. The van der Waals surface area contributed by atoms with Gasteiger partial charge in [-0.1, -0.05) is 23.2 Å². The number of aromatic nitrogens is 1. The molecule has 45 heavy (non-hydrogen) atoms. The van der Waals surface area contributed by atoms with Crippen molar-refractivity contribution in [1.29, 1.82) is 0 Å². The molecule has 0 saturated carbocycles. The van der Waals surface area contributed by atoms with E-state index >= 15 is 0 Å². The fourth-order valence-corrected chi connectivity index (χ4v) is 8.61. The van der Waals surface area contributed by atoms with Gasteiger partial charge < -0.3 is 31.8 Å². The lowest BCUT2D eigenvalue weighted by molar-refractivity contribution is -0.704. The Kier molecular flexibility index (Phi) is 12.9. The molecular formula is C29H33Cl2N5O6S3. The van der Waals surface area contributed by atoms with E-state index in [-0.39, 0.29) is 17.4 Å². The van der Waals surface area contributed by atoms with E-state index in [2.05, 4.69) is 5.32 Å². The molecule has 3 heterocycles. The number of rotatable bonds is 16. The second-order valence-electron chi connectivity index (χ2n) is 10.4. The summed E-state index contributed by atoms with van der Waals surface area (Å²) in [5.41, 5.74) is 12.9. The van der Waals surface area contributed by atoms with Gasteiger partial charge in [-0.2, -0.15) is 0 Å². The lowest BCUT2D eigenvalue weighted by Crippen LogP contribution is -2.70. The number of aryl methyl sites for hydroxylation is 2. The van der Waals surface area contributed by atoms with Gasteiger partial charge in [0.05, 0.1) is 16.7 Å². The second kappa shape index (κ2) is 16.4. The summed E-state index contributed by atoms with van der Waals surface area (Å²) in [5, 5.41) is 24.2. The number of thioether (sulfide) groups is 3. The number of nitrogens with zero attached hydrogens (tertiary/aromatic N) is 2. The number of halogens is 2. The van der Waals surface area contributed by atoms with Crippen molar-refractivity contribution in [3.05, 3.63) is 63.5 Å². The maximum Gasteiger partial charge on any atom is 0.352 e. The highest BCUT2D eigenvalue weighted by Crippen LogP contribution is 2.41. The molecule has 6 N–H and O–H groups in total. The molecular weight excluding hydrogens is 681 g/mol. The lowest BCUT2D eigenvalue weighted by atomic mass is 10.0. The van der Waals surface area contributed by atoms with Gasteiger partial charge in [-0.25, -0.2) is 9.36 Å².